The zero-order valence-corrected chi connectivity index (χ0v) is 16.9. The van der Waals surface area contributed by atoms with Crippen LogP contribution >= 0.6 is 22.7 Å². The molecule has 4 rings (SSSR count). The molecule has 0 radical (unpaired) electrons. The van der Waals surface area contributed by atoms with Crippen molar-refractivity contribution in [3.63, 3.8) is 0 Å². The van der Waals surface area contributed by atoms with E-state index >= 15 is 0 Å². The van der Waals surface area contributed by atoms with Gasteiger partial charge in [0, 0.05) is 21.5 Å². The molecule has 0 aromatic carbocycles. The number of ether oxygens (including phenoxy) is 1. The molecular weight excluding hydrogens is 364 g/mol. The maximum atomic E-state index is 12.7. The fraction of sp³-hybridized carbons (Fsp3) is 0.400. The second-order valence-corrected chi connectivity index (χ2v) is 9.57. The summed E-state index contributed by atoms with van der Waals surface area (Å²) in [6.07, 6.45) is 4.34. The number of nitrogen functional groups attached to an aromatic ring is 1. The van der Waals surface area contributed by atoms with E-state index in [0.29, 0.717) is 10.6 Å². The van der Waals surface area contributed by atoms with Gasteiger partial charge < -0.3 is 10.5 Å². The number of fused-ring (bicyclic) bond motifs is 2. The summed E-state index contributed by atoms with van der Waals surface area (Å²) in [6.45, 7) is 5.59. The van der Waals surface area contributed by atoms with Gasteiger partial charge in [-0.2, -0.15) is 0 Å². The standard InChI is InChI=1S/C20H22N2O2S2/c1-20(2,3)24-19(23)17-16(21)15-14(13-9-6-10-25-13)11-7-4-5-8-12(11)22-18(15)26-17/h6,9-10H,4-5,7-8,21H2,1-3H3. The van der Waals surface area contributed by atoms with Crippen LogP contribution in [-0.4, -0.2) is 16.6 Å². The van der Waals surface area contributed by atoms with Crippen molar-refractivity contribution in [3.05, 3.63) is 33.6 Å². The van der Waals surface area contributed by atoms with Crippen LogP contribution in [0.4, 0.5) is 5.69 Å². The number of carbonyl (C=O) groups excluding carboxylic acids is 1. The van der Waals surface area contributed by atoms with Crippen molar-refractivity contribution in [2.45, 2.75) is 52.1 Å². The van der Waals surface area contributed by atoms with Crippen molar-refractivity contribution in [1.29, 1.82) is 0 Å². The molecular formula is C20H22N2O2S2. The lowest BCUT2D eigenvalue weighted by Gasteiger charge is -2.19. The van der Waals surface area contributed by atoms with Gasteiger partial charge in [0.1, 0.15) is 15.3 Å². The van der Waals surface area contributed by atoms with Gasteiger partial charge in [0.05, 0.1) is 5.69 Å². The maximum absolute atomic E-state index is 12.7. The van der Waals surface area contributed by atoms with Crippen molar-refractivity contribution >= 4 is 44.5 Å². The van der Waals surface area contributed by atoms with E-state index in [0.717, 1.165) is 35.2 Å². The lowest BCUT2D eigenvalue weighted by molar-refractivity contribution is 0.00764. The third-order valence-corrected chi connectivity index (χ3v) is 6.47. The average Bonchev–Trinajstić information content (AvgIpc) is 3.20. The monoisotopic (exact) mass is 386 g/mol. The number of rotatable bonds is 2. The number of esters is 1. The molecule has 1 aliphatic rings. The molecule has 0 fully saturated rings. The van der Waals surface area contributed by atoms with Gasteiger partial charge in [-0.05, 0) is 63.5 Å². The number of aromatic nitrogens is 1. The quantitative estimate of drug-likeness (QED) is 0.596. The van der Waals surface area contributed by atoms with E-state index in [2.05, 4.69) is 17.5 Å². The Labute approximate surface area is 161 Å². The Bertz CT molecular complexity index is 982. The van der Waals surface area contributed by atoms with Crippen LogP contribution in [-0.2, 0) is 17.6 Å². The SMILES string of the molecule is CC(C)(C)OC(=O)c1sc2nc3c(c(-c4cccs4)c2c1N)CCCC3. The van der Waals surface area contributed by atoms with Gasteiger partial charge in [0.2, 0.25) is 0 Å². The molecule has 6 heteroatoms. The number of nitrogens with two attached hydrogens (primary N) is 1. The third-order valence-electron chi connectivity index (χ3n) is 4.51. The minimum absolute atomic E-state index is 0.367. The summed E-state index contributed by atoms with van der Waals surface area (Å²) in [7, 11) is 0. The molecule has 0 unspecified atom stereocenters. The molecule has 0 aliphatic heterocycles. The van der Waals surface area contributed by atoms with E-state index in [9.17, 15) is 4.79 Å². The average molecular weight is 387 g/mol. The predicted molar refractivity (Wildman–Crippen MR) is 109 cm³/mol. The highest BCUT2D eigenvalue weighted by atomic mass is 32.1. The number of hydrogen-bond acceptors (Lipinski definition) is 6. The summed E-state index contributed by atoms with van der Waals surface area (Å²) < 4.78 is 5.56. The zero-order valence-electron chi connectivity index (χ0n) is 15.2. The number of pyridine rings is 1. The Balaban J connectivity index is 1.96. The highest BCUT2D eigenvalue weighted by Gasteiger charge is 2.28. The summed E-state index contributed by atoms with van der Waals surface area (Å²) in [5.74, 6) is -0.367. The molecule has 0 atom stereocenters. The molecule has 26 heavy (non-hydrogen) atoms. The van der Waals surface area contributed by atoms with Crippen LogP contribution in [0.15, 0.2) is 17.5 Å². The van der Waals surface area contributed by atoms with Crippen molar-refractivity contribution < 1.29 is 9.53 Å². The molecule has 2 N–H and O–H groups in total. The molecule has 3 heterocycles. The Morgan fingerprint density at radius 1 is 1.27 bits per heavy atom. The largest absolute Gasteiger partial charge is 0.456 e. The Hall–Kier alpha value is -1.92. The van der Waals surface area contributed by atoms with Crippen molar-refractivity contribution in [2.75, 3.05) is 5.73 Å². The summed E-state index contributed by atoms with van der Waals surface area (Å²) in [6, 6.07) is 4.18. The van der Waals surface area contributed by atoms with Crippen molar-refractivity contribution in [3.8, 4) is 10.4 Å². The second-order valence-electron chi connectivity index (χ2n) is 7.62. The van der Waals surface area contributed by atoms with E-state index in [1.54, 1.807) is 11.3 Å². The van der Waals surface area contributed by atoms with Gasteiger partial charge in [-0.3, -0.25) is 0 Å². The molecule has 0 spiro atoms. The summed E-state index contributed by atoms with van der Waals surface area (Å²) in [5, 5.41) is 2.99. The van der Waals surface area contributed by atoms with E-state index in [1.807, 2.05) is 20.8 Å². The molecule has 136 valence electrons. The van der Waals surface area contributed by atoms with Gasteiger partial charge in [-0.15, -0.1) is 22.7 Å². The first-order valence-electron chi connectivity index (χ1n) is 8.86. The van der Waals surface area contributed by atoms with Gasteiger partial charge in [-0.25, -0.2) is 9.78 Å². The third kappa shape index (κ3) is 3.01. The smallest absolute Gasteiger partial charge is 0.351 e. The van der Waals surface area contributed by atoms with E-state index in [4.69, 9.17) is 15.5 Å². The number of carbonyl (C=O) groups is 1. The van der Waals surface area contributed by atoms with E-state index < -0.39 is 5.60 Å². The number of anilines is 1. The number of aryl methyl sites for hydroxylation is 1. The number of hydrogen-bond donors (Lipinski definition) is 1. The first kappa shape index (κ1) is 17.5. The maximum Gasteiger partial charge on any atom is 0.351 e. The zero-order chi connectivity index (χ0) is 18.5. The van der Waals surface area contributed by atoms with Crippen molar-refractivity contribution in [2.24, 2.45) is 0 Å². The van der Waals surface area contributed by atoms with Crippen molar-refractivity contribution in [1.82, 2.24) is 4.98 Å². The number of nitrogens with zero attached hydrogens (tertiary/aromatic N) is 1. The summed E-state index contributed by atoms with van der Waals surface area (Å²) in [4.78, 5) is 20.0. The number of thiophene rings is 2. The van der Waals surface area contributed by atoms with Crippen LogP contribution in [0.5, 0.6) is 0 Å². The highest BCUT2D eigenvalue weighted by Crippen LogP contribution is 2.45. The van der Waals surface area contributed by atoms with E-state index in [-0.39, 0.29) is 5.97 Å². The molecule has 0 saturated carbocycles. The lowest BCUT2D eigenvalue weighted by Crippen LogP contribution is -2.23. The topological polar surface area (TPSA) is 65.2 Å². The predicted octanol–water partition coefficient (Wildman–Crippen LogP) is 5.44. The Morgan fingerprint density at radius 2 is 2.04 bits per heavy atom. The van der Waals surface area contributed by atoms with Crippen LogP contribution in [0.1, 0.15) is 54.5 Å². The van der Waals surface area contributed by atoms with Gasteiger partial charge in [0.15, 0.2) is 0 Å². The lowest BCUT2D eigenvalue weighted by atomic mass is 9.90. The molecule has 0 amide bonds. The summed E-state index contributed by atoms with van der Waals surface area (Å²) in [5.41, 5.74) is 10.0. The second kappa shape index (κ2) is 6.35. The van der Waals surface area contributed by atoms with Gasteiger partial charge >= 0.3 is 5.97 Å². The molecule has 3 aromatic rings. The van der Waals surface area contributed by atoms with Crippen LogP contribution < -0.4 is 5.73 Å². The fourth-order valence-electron chi connectivity index (χ4n) is 3.48. The Kier molecular flexibility index (Phi) is 4.28. The minimum atomic E-state index is -0.553. The van der Waals surface area contributed by atoms with Crippen LogP contribution in [0, 0.1) is 0 Å². The highest BCUT2D eigenvalue weighted by molar-refractivity contribution is 7.21. The molecule has 0 saturated heterocycles. The first-order valence-corrected chi connectivity index (χ1v) is 10.6. The van der Waals surface area contributed by atoms with Gasteiger partial charge in [-0.1, -0.05) is 6.07 Å². The van der Waals surface area contributed by atoms with Gasteiger partial charge in [0.25, 0.3) is 0 Å². The van der Waals surface area contributed by atoms with Crippen LogP contribution in [0.2, 0.25) is 0 Å². The molecule has 4 nitrogen and oxygen atoms in total. The van der Waals surface area contributed by atoms with E-state index in [1.165, 1.54) is 33.8 Å². The summed E-state index contributed by atoms with van der Waals surface area (Å²) >= 11 is 3.06. The normalized spacial score (nSPS) is 14.4. The van der Waals surface area contributed by atoms with Crippen LogP contribution in [0.3, 0.4) is 0 Å². The van der Waals surface area contributed by atoms with Crippen LogP contribution in [0.25, 0.3) is 20.7 Å². The Morgan fingerprint density at radius 3 is 2.73 bits per heavy atom. The fourth-order valence-corrected chi connectivity index (χ4v) is 5.28. The first-order chi connectivity index (χ1) is 12.3. The molecule has 0 bridgehead atoms. The minimum Gasteiger partial charge on any atom is -0.456 e. The molecule has 1 aliphatic carbocycles. The molecule has 3 aromatic heterocycles.